The molecule has 1 aliphatic rings. The molecule has 17 heavy (non-hydrogen) atoms. The third-order valence-corrected chi connectivity index (χ3v) is 3.30. The number of nitrogens with one attached hydrogen (secondary N) is 1. The SMILES string of the molecule is COc1ccc(F)c(CN2CCNCC2)c1C. The van der Waals surface area contributed by atoms with Crippen molar-refractivity contribution in [3.8, 4) is 5.75 Å². The number of methoxy groups -OCH3 is 1. The van der Waals surface area contributed by atoms with E-state index in [0.717, 1.165) is 43.1 Å². The molecule has 0 bridgehead atoms. The van der Waals surface area contributed by atoms with Crippen LogP contribution in [0.1, 0.15) is 11.1 Å². The predicted octanol–water partition coefficient (Wildman–Crippen LogP) is 1.55. The Morgan fingerprint density at radius 1 is 1.35 bits per heavy atom. The molecular formula is C13H19FN2O. The molecule has 3 nitrogen and oxygen atoms in total. The first-order valence-electron chi connectivity index (χ1n) is 5.97. The van der Waals surface area contributed by atoms with Gasteiger partial charge in [-0.3, -0.25) is 4.90 Å². The molecule has 0 aromatic heterocycles. The summed E-state index contributed by atoms with van der Waals surface area (Å²) in [5.41, 5.74) is 1.66. The molecule has 1 fully saturated rings. The fourth-order valence-corrected chi connectivity index (χ4v) is 2.21. The van der Waals surface area contributed by atoms with Gasteiger partial charge in [0, 0.05) is 38.3 Å². The van der Waals surface area contributed by atoms with Crippen molar-refractivity contribution >= 4 is 0 Å². The molecule has 94 valence electrons. The predicted molar refractivity (Wildman–Crippen MR) is 65.8 cm³/mol. The lowest BCUT2D eigenvalue weighted by Gasteiger charge is -2.28. The summed E-state index contributed by atoms with van der Waals surface area (Å²) in [5.74, 6) is 0.623. The first-order chi connectivity index (χ1) is 8.22. The lowest BCUT2D eigenvalue weighted by molar-refractivity contribution is 0.229. The maximum Gasteiger partial charge on any atom is 0.128 e. The molecule has 0 aliphatic carbocycles. The summed E-state index contributed by atoms with van der Waals surface area (Å²) < 4.78 is 19.1. The molecular weight excluding hydrogens is 219 g/mol. The number of ether oxygens (including phenoxy) is 1. The van der Waals surface area contributed by atoms with Gasteiger partial charge in [-0.2, -0.15) is 0 Å². The molecule has 1 aromatic carbocycles. The molecule has 1 heterocycles. The van der Waals surface area contributed by atoms with Crippen LogP contribution in [0, 0.1) is 12.7 Å². The van der Waals surface area contributed by atoms with Gasteiger partial charge in [-0.1, -0.05) is 0 Å². The first kappa shape index (κ1) is 12.3. The van der Waals surface area contributed by atoms with Crippen molar-refractivity contribution < 1.29 is 9.13 Å². The second-order valence-electron chi connectivity index (χ2n) is 4.38. The topological polar surface area (TPSA) is 24.5 Å². The number of hydrogen-bond donors (Lipinski definition) is 1. The van der Waals surface area contributed by atoms with Crippen molar-refractivity contribution in [2.45, 2.75) is 13.5 Å². The number of piperazine rings is 1. The van der Waals surface area contributed by atoms with Gasteiger partial charge in [0.25, 0.3) is 0 Å². The van der Waals surface area contributed by atoms with Crippen LogP contribution >= 0.6 is 0 Å². The molecule has 1 N–H and O–H groups in total. The third kappa shape index (κ3) is 2.76. The van der Waals surface area contributed by atoms with Crippen molar-refractivity contribution in [3.63, 3.8) is 0 Å². The lowest BCUT2D eigenvalue weighted by Crippen LogP contribution is -2.43. The first-order valence-corrected chi connectivity index (χ1v) is 5.97. The maximum absolute atomic E-state index is 13.8. The van der Waals surface area contributed by atoms with Crippen molar-refractivity contribution in [2.75, 3.05) is 33.3 Å². The van der Waals surface area contributed by atoms with Gasteiger partial charge in [-0.25, -0.2) is 4.39 Å². The fraction of sp³-hybridized carbons (Fsp3) is 0.538. The van der Waals surface area contributed by atoms with E-state index in [9.17, 15) is 4.39 Å². The molecule has 0 atom stereocenters. The average Bonchev–Trinajstić information content (AvgIpc) is 2.36. The summed E-state index contributed by atoms with van der Waals surface area (Å²) in [4.78, 5) is 2.27. The van der Waals surface area contributed by atoms with E-state index in [1.54, 1.807) is 13.2 Å². The Balaban J connectivity index is 2.18. The summed E-state index contributed by atoms with van der Waals surface area (Å²) in [6, 6.07) is 3.18. The van der Waals surface area contributed by atoms with E-state index in [1.165, 1.54) is 6.07 Å². The van der Waals surface area contributed by atoms with E-state index in [2.05, 4.69) is 10.2 Å². The molecule has 2 rings (SSSR count). The zero-order chi connectivity index (χ0) is 12.3. The number of hydrogen-bond acceptors (Lipinski definition) is 3. The maximum atomic E-state index is 13.8. The summed E-state index contributed by atoms with van der Waals surface area (Å²) in [5, 5.41) is 3.29. The van der Waals surface area contributed by atoms with Crippen LogP contribution in [0.2, 0.25) is 0 Å². The van der Waals surface area contributed by atoms with Crippen molar-refractivity contribution in [1.29, 1.82) is 0 Å². The molecule has 0 amide bonds. The van der Waals surface area contributed by atoms with Crippen LogP contribution in [-0.4, -0.2) is 38.2 Å². The van der Waals surface area contributed by atoms with Crippen molar-refractivity contribution in [2.24, 2.45) is 0 Å². The minimum atomic E-state index is -0.137. The minimum absolute atomic E-state index is 0.137. The highest BCUT2D eigenvalue weighted by atomic mass is 19.1. The smallest absolute Gasteiger partial charge is 0.128 e. The van der Waals surface area contributed by atoms with E-state index >= 15 is 0 Å². The van der Waals surface area contributed by atoms with Crippen molar-refractivity contribution in [3.05, 3.63) is 29.1 Å². The Bertz CT molecular complexity index is 389. The fourth-order valence-electron chi connectivity index (χ4n) is 2.21. The van der Waals surface area contributed by atoms with Crippen LogP contribution in [0.5, 0.6) is 5.75 Å². The molecule has 0 saturated carbocycles. The van der Waals surface area contributed by atoms with Gasteiger partial charge in [0.15, 0.2) is 0 Å². The van der Waals surface area contributed by atoms with Gasteiger partial charge in [0.2, 0.25) is 0 Å². The van der Waals surface area contributed by atoms with Gasteiger partial charge in [0.1, 0.15) is 11.6 Å². The Morgan fingerprint density at radius 2 is 2.06 bits per heavy atom. The van der Waals surface area contributed by atoms with Crippen LogP contribution in [0.25, 0.3) is 0 Å². The van der Waals surface area contributed by atoms with Gasteiger partial charge < -0.3 is 10.1 Å². The van der Waals surface area contributed by atoms with Crippen LogP contribution in [0.15, 0.2) is 12.1 Å². The second kappa shape index (κ2) is 5.47. The third-order valence-electron chi connectivity index (χ3n) is 3.30. The minimum Gasteiger partial charge on any atom is -0.496 e. The monoisotopic (exact) mass is 238 g/mol. The zero-order valence-corrected chi connectivity index (χ0v) is 10.4. The molecule has 1 saturated heterocycles. The van der Waals surface area contributed by atoms with Gasteiger partial charge in [0.05, 0.1) is 7.11 Å². The molecule has 0 spiro atoms. The molecule has 4 heteroatoms. The molecule has 1 aromatic rings. The van der Waals surface area contributed by atoms with Crippen LogP contribution < -0.4 is 10.1 Å². The Hall–Kier alpha value is -1.13. The summed E-state index contributed by atoms with van der Waals surface area (Å²) in [6.07, 6.45) is 0. The molecule has 0 radical (unpaired) electrons. The lowest BCUT2D eigenvalue weighted by atomic mass is 10.1. The number of benzene rings is 1. The van der Waals surface area contributed by atoms with Gasteiger partial charge >= 0.3 is 0 Å². The highest BCUT2D eigenvalue weighted by molar-refractivity contribution is 5.40. The van der Waals surface area contributed by atoms with Gasteiger partial charge in [-0.05, 0) is 24.6 Å². The molecule has 0 unspecified atom stereocenters. The Morgan fingerprint density at radius 3 is 2.71 bits per heavy atom. The summed E-state index contributed by atoms with van der Waals surface area (Å²) in [6.45, 7) is 6.47. The summed E-state index contributed by atoms with van der Waals surface area (Å²) >= 11 is 0. The quantitative estimate of drug-likeness (QED) is 0.864. The number of rotatable bonds is 3. The van der Waals surface area contributed by atoms with E-state index in [-0.39, 0.29) is 5.82 Å². The highest BCUT2D eigenvalue weighted by Gasteiger charge is 2.16. The van der Waals surface area contributed by atoms with Crippen LogP contribution in [0.4, 0.5) is 4.39 Å². The highest BCUT2D eigenvalue weighted by Crippen LogP contribution is 2.25. The van der Waals surface area contributed by atoms with E-state index < -0.39 is 0 Å². The van der Waals surface area contributed by atoms with E-state index in [0.29, 0.717) is 6.54 Å². The Labute approximate surface area is 102 Å². The zero-order valence-electron chi connectivity index (χ0n) is 10.4. The molecule has 1 aliphatic heterocycles. The standard InChI is InChI=1S/C13H19FN2O/c1-10-11(9-16-7-5-15-6-8-16)12(14)3-4-13(10)17-2/h3-4,15H,5-9H2,1-2H3. The largest absolute Gasteiger partial charge is 0.496 e. The number of nitrogens with zero attached hydrogens (tertiary/aromatic N) is 1. The van der Waals surface area contributed by atoms with Crippen molar-refractivity contribution in [1.82, 2.24) is 10.2 Å². The Kier molecular flexibility index (Phi) is 3.97. The van der Waals surface area contributed by atoms with E-state index in [1.807, 2.05) is 6.92 Å². The average molecular weight is 238 g/mol. The normalized spacial score (nSPS) is 17.1. The van der Waals surface area contributed by atoms with Gasteiger partial charge in [-0.15, -0.1) is 0 Å². The summed E-state index contributed by atoms with van der Waals surface area (Å²) in [7, 11) is 1.62. The second-order valence-corrected chi connectivity index (χ2v) is 4.38. The van der Waals surface area contributed by atoms with E-state index in [4.69, 9.17) is 4.74 Å². The van der Waals surface area contributed by atoms with Crippen LogP contribution in [0.3, 0.4) is 0 Å². The van der Waals surface area contributed by atoms with Crippen LogP contribution in [-0.2, 0) is 6.54 Å². The number of halogens is 1.